The molecule has 0 saturated heterocycles. The Morgan fingerprint density at radius 1 is 1.29 bits per heavy atom. The van der Waals surface area contributed by atoms with Crippen LogP contribution in [0.1, 0.15) is 35.9 Å². The monoisotopic (exact) mass is 421 g/mol. The van der Waals surface area contributed by atoms with Gasteiger partial charge in [0.05, 0.1) is 5.75 Å². The van der Waals surface area contributed by atoms with Gasteiger partial charge in [-0.1, -0.05) is 36.4 Å². The Kier molecular flexibility index (Phi) is 6.51. The number of rotatable bonds is 7. The van der Waals surface area contributed by atoms with Crippen molar-refractivity contribution in [2.24, 2.45) is 0 Å². The van der Waals surface area contributed by atoms with Crippen molar-refractivity contribution in [2.45, 2.75) is 38.8 Å². The summed E-state index contributed by atoms with van der Waals surface area (Å²) in [6.45, 7) is 6.40. The molecular weight excluding hydrogens is 401 g/mol. The molecule has 0 bridgehead atoms. The number of hydrogen-bond acceptors (Lipinski definition) is 5. The summed E-state index contributed by atoms with van der Waals surface area (Å²) in [5.41, 5.74) is 2.84. The van der Waals surface area contributed by atoms with Gasteiger partial charge in [0.2, 0.25) is 11.1 Å². The predicted molar refractivity (Wildman–Crippen MR) is 108 cm³/mol. The Morgan fingerprint density at radius 2 is 2.07 bits per heavy atom. The molecule has 148 valence electrons. The number of carbonyl (C=O) groups excluding carboxylic acids is 1. The molecule has 2 aromatic heterocycles. The van der Waals surface area contributed by atoms with Crippen molar-refractivity contribution in [1.29, 1.82) is 0 Å². The Labute approximate surface area is 171 Å². The third-order valence-corrected chi connectivity index (χ3v) is 5.54. The number of carbonyl (C=O) groups is 1. The van der Waals surface area contributed by atoms with Crippen LogP contribution in [0, 0.1) is 19.7 Å². The van der Waals surface area contributed by atoms with Gasteiger partial charge in [0.25, 0.3) is 5.78 Å². The lowest BCUT2D eigenvalue weighted by atomic mass is 10.0. The Morgan fingerprint density at radius 3 is 2.79 bits per heavy atom. The Hall–Kier alpha value is -2.19. The van der Waals surface area contributed by atoms with Crippen LogP contribution in [0.3, 0.4) is 0 Å². The molecule has 0 spiro atoms. The first-order valence-corrected chi connectivity index (χ1v) is 10.3. The maximum absolute atomic E-state index is 14.2. The van der Waals surface area contributed by atoms with Crippen LogP contribution in [0.4, 0.5) is 4.39 Å². The Bertz CT molecular complexity index is 1000. The molecule has 1 aromatic carbocycles. The standard InChI is InChI=1S/C19H21ClFN5OS/c1-4-8-22-17(27)10-28-19-24-18-23-11(2)13(12(3)26(18)25-19)9-14-15(20)6-5-7-16(14)21/h5-7H,4,8-10H2,1-3H3,(H,22,27). The number of amides is 1. The molecule has 6 nitrogen and oxygen atoms in total. The molecule has 0 atom stereocenters. The number of benzene rings is 1. The van der Waals surface area contributed by atoms with E-state index in [2.05, 4.69) is 20.4 Å². The Balaban J connectivity index is 1.87. The van der Waals surface area contributed by atoms with Gasteiger partial charge in [-0.05, 0) is 38.0 Å². The van der Waals surface area contributed by atoms with Gasteiger partial charge in [-0.2, -0.15) is 4.98 Å². The van der Waals surface area contributed by atoms with Gasteiger partial charge in [0.15, 0.2) is 0 Å². The van der Waals surface area contributed by atoms with Crippen molar-refractivity contribution in [3.8, 4) is 0 Å². The summed E-state index contributed by atoms with van der Waals surface area (Å²) in [6.07, 6.45) is 1.20. The summed E-state index contributed by atoms with van der Waals surface area (Å²) in [7, 11) is 0. The van der Waals surface area contributed by atoms with E-state index in [-0.39, 0.29) is 17.5 Å². The van der Waals surface area contributed by atoms with Crippen LogP contribution in [0.2, 0.25) is 5.02 Å². The van der Waals surface area contributed by atoms with E-state index in [1.807, 2.05) is 20.8 Å². The van der Waals surface area contributed by atoms with E-state index in [0.29, 0.717) is 34.5 Å². The van der Waals surface area contributed by atoms with Crippen LogP contribution in [-0.2, 0) is 11.2 Å². The first-order valence-electron chi connectivity index (χ1n) is 8.96. The number of halogens is 2. The fourth-order valence-corrected chi connectivity index (χ4v) is 3.71. The molecule has 9 heteroatoms. The zero-order valence-electron chi connectivity index (χ0n) is 15.9. The molecule has 0 radical (unpaired) electrons. The molecule has 0 unspecified atom stereocenters. The lowest BCUT2D eigenvalue weighted by Crippen LogP contribution is -2.25. The third-order valence-electron chi connectivity index (χ3n) is 4.35. The second-order valence-electron chi connectivity index (χ2n) is 6.38. The van der Waals surface area contributed by atoms with Crippen molar-refractivity contribution < 1.29 is 9.18 Å². The minimum absolute atomic E-state index is 0.0542. The van der Waals surface area contributed by atoms with Crippen molar-refractivity contribution in [1.82, 2.24) is 24.9 Å². The van der Waals surface area contributed by atoms with Crippen LogP contribution < -0.4 is 5.32 Å². The number of thioether (sulfide) groups is 1. The van der Waals surface area contributed by atoms with Gasteiger partial charge in [-0.3, -0.25) is 4.79 Å². The molecule has 1 amide bonds. The van der Waals surface area contributed by atoms with E-state index < -0.39 is 0 Å². The van der Waals surface area contributed by atoms with Crippen LogP contribution in [-0.4, -0.2) is 37.8 Å². The van der Waals surface area contributed by atoms with Crippen LogP contribution in [0.15, 0.2) is 23.4 Å². The molecule has 3 rings (SSSR count). The number of nitrogens with one attached hydrogen (secondary N) is 1. The normalized spacial score (nSPS) is 11.2. The second-order valence-corrected chi connectivity index (χ2v) is 7.73. The largest absolute Gasteiger partial charge is 0.355 e. The molecule has 0 fully saturated rings. The van der Waals surface area contributed by atoms with Gasteiger partial charge in [0.1, 0.15) is 5.82 Å². The van der Waals surface area contributed by atoms with Crippen molar-refractivity contribution in [3.63, 3.8) is 0 Å². The first-order chi connectivity index (χ1) is 13.4. The second kappa shape index (κ2) is 8.87. The highest BCUT2D eigenvalue weighted by Crippen LogP contribution is 2.25. The van der Waals surface area contributed by atoms with E-state index in [1.54, 1.807) is 16.6 Å². The van der Waals surface area contributed by atoms with Crippen LogP contribution in [0.5, 0.6) is 0 Å². The first kappa shape index (κ1) is 20.5. The lowest BCUT2D eigenvalue weighted by molar-refractivity contribution is -0.118. The topological polar surface area (TPSA) is 72.2 Å². The number of aromatic nitrogens is 4. The van der Waals surface area contributed by atoms with Gasteiger partial charge >= 0.3 is 0 Å². The number of aryl methyl sites for hydroxylation is 2. The number of fused-ring (bicyclic) bond motifs is 1. The fourth-order valence-electron chi connectivity index (χ4n) is 2.83. The van der Waals surface area contributed by atoms with E-state index in [9.17, 15) is 9.18 Å². The predicted octanol–water partition coefficient (Wildman–Crippen LogP) is 3.74. The van der Waals surface area contributed by atoms with Gasteiger partial charge in [0, 0.05) is 34.9 Å². The molecule has 2 heterocycles. The SMILES string of the molecule is CCCNC(=O)CSc1nc2nc(C)c(Cc3c(F)cccc3Cl)c(C)n2n1. The summed E-state index contributed by atoms with van der Waals surface area (Å²) in [5.74, 6) is 0.294. The summed E-state index contributed by atoms with van der Waals surface area (Å²) in [5, 5.41) is 8.13. The summed E-state index contributed by atoms with van der Waals surface area (Å²) in [4.78, 5) is 20.7. The third kappa shape index (κ3) is 4.44. The molecule has 0 aliphatic heterocycles. The quantitative estimate of drug-likeness (QED) is 0.588. The fraction of sp³-hybridized carbons (Fsp3) is 0.368. The van der Waals surface area contributed by atoms with E-state index in [1.165, 1.54) is 17.8 Å². The van der Waals surface area contributed by atoms with E-state index in [4.69, 9.17) is 11.6 Å². The molecule has 0 aliphatic carbocycles. The summed E-state index contributed by atoms with van der Waals surface area (Å²) < 4.78 is 15.8. The molecule has 0 aliphatic rings. The summed E-state index contributed by atoms with van der Waals surface area (Å²) >= 11 is 7.43. The highest BCUT2D eigenvalue weighted by molar-refractivity contribution is 7.99. The van der Waals surface area contributed by atoms with Gasteiger partial charge < -0.3 is 5.32 Å². The van der Waals surface area contributed by atoms with Crippen LogP contribution >= 0.6 is 23.4 Å². The molecule has 3 aromatic rings. The molecular formula is C19H21ClFN5OS. The van der Waals surface area contributed by atoms with Gasteiger partial charge in [-0.15, -0.1) is 5.10 Å². The number of nitrogens with zero attached hydrogens (tertiary/aromatic N) is 4. The average Bonchev–Trinajstić information content (AvgIpc) is 3.06. The highest BCUT2D eigenvalue weighted by atomic mass is 35.5. The van der Waals surface area contributed by atoms with E-state index >= 15 is 0 Å². The minimum Gasteiger partial charge on any atom is -0.355 e. The van der Waals surface area contributed by atoms with Crippen molar-refractivity contribution in [2.75, 3.05) is 12.3 Å². The minimum atomic E-state index is -0.348. The molecule has 0 saturated carbocycles. The number of hydrogen-bond donors (Lipinski definition) is 1. The maximum atomic E-state index is 14.2. The van der Waals surface area contributed by atoms with Crippen LogP contribution in [0.25, 0.3) is 5.78 Å². The van der Waals surface area contributed by atoms with Crippen molar-refractivity contribution >= 4 is 35.0 Å². The molecule has 28 heavy (non-hydrogen) atoms. The zero-order valence-corrected chi connectivity index (χ0v) is 17.5. The summed E-state index contributed by atoms with van der Waals surface area (Å²) in [6, 6.07) is 4.65. The lowest BCUT2D eigenvalue weighted by Gasteiger charge is -2.12. The molecule has 1 N–H and O–H groups in total. The average molecular weight is 422 g/mol. The van der Waals surface area contributed by atoms with Crippen molar-refractivity contribution in [3.05, 3.63) is 51.6 Å². The van der Waals surface area contributed by atoms with E-state index in [0.717, 1.165) is 23.4 Å². The highest BCUT2D eigenvalue weighted by Gasteiger charge is 2.17. The van der Waals surface area contributed by atoms with Gasteiger partial charge in [-0.25, -0.2) is 13.9 Å². The zero-order chi connectivity index (χ0) is 20.3. The maximum Gasteiger partial charge on any atom is 0.253 e. The smallest absolute Gasteiger partial charge is 0.253 e.